The molecule has 0 saturated heterocycles. The van der Waals surface area contributed by atoms with E-state index in [1.165, 1.54) is 5.56 Å². The van der Waals surface area contributed by atoms with Crippen molar-refractivity contribution in [3.63, 3.8) is 0 Å². The summed E-state index contributed by atoms with van der Waals surface area (Å²) in [5.41, 5.74) is 6.69. The molecular formula is C12H17NOS. The van der Waals surface area contributed by atoms with E-state index in [2.05, 4.69) is 12.1 Å². The van der Waals surface area contributed by atoms with Crippen LogP contribution in [0.2, 0.25) is 0 Å². The summed E-state index contributed by atoms with van der Waals surface area (Å²) in [5.74, 6) is 0.131. The molecule has 3 heteroatoms. The minimum absolute atomic E-state index is 0.0861. The Bertz CT molecular complexity index is 313. The quantitative estimate of drug-likeness (QED) is 0.779. The van der Waals surface area contributed by atoms with Gasteiger partial charge in [-0.15, -0.1) is 0 Å². The number of thiocarbonyl (C=S) groups is 1. The topological polar surface area (TPSA) is 35.2 Å². The molecule has 2 unspecified atom stereocenters. The number of benzene rings is 1. The lowest BCUT2D eigenvalue weighted by molar-refractivity contribution is 0.0557. The van der Waals surface area contributed by atoms with Crippen LogP contribution in [0.5, 0.6) is 0 Å². The molecule has 0 aliphatic carbocycles. The van der Waals surface area contributed by atoms with Crippen LogP contribution in [0.15, 0.2) is 30.3 Å². The molecular weight excluding hydrogens is 206 g/mol. The van der Waals surface area contributed by atoms with E-state index in [0.717, 1.165) is 0 Å². The van der Waals surface area contributed by atoms with E-state index in [0.29, 0.717) is 11.6 Å². The summed E-state index contributed by atoms with van der Waals surface area (Å²) in [4.78, 5) is 0.510. The second kappa shape index (κ2) is 5.83. The first kappa shape index (κ1) is 12.1. The van der Waals surface area contributed by atoms with Gasteiger partial charge in [-0.2, -0.15) is 0 Å². The van der Waals surface area contributed by atoms with Crippen molar-refractivity contribution in [3.8, 4) is 0 Å². The summed E-state index contributed by atoms with van der Waals surface area (Å²) in [6.07, 6.45) is 0.0861. The summed E-state index contributed by atoms with van der Waals surface area (Å²) in [7, 11) is 0. The van der Waals surface area contributed by atoms with E-state index in [1.54, 1.807) is 0 Å². The number of nitrogens with two attached hydrogens (primary N) is 1. The van der Waals surface area contributed by atoms with Gasteiger partial charge in [0.05, 0.1) is 17.7 Å². The van der Waals surface area contributed by atoms with Gasteiger partial charge in [0.15, 0.2) is 0 Å². The molecule has 2 atom stereocenters. The van der Waals surface area contributed by atoms with Crippen LogP contribution in [0.3, 0.4) is 0 Å². The summed E-state index contributed by atoms with van der Waals surface area (Å²) in [5, 5.41) is 0. The molecule has 0 radical (unpaired) electrons. The third kappa shape index (κ3) is 3.98. The third-order valence-electron chi connectivity index (χ3n) is 2.35. The fraction of sp³-hybridized carbons (Fsp3) is 0.417. The standard InChI is InChI=1S/C12H17NOS/c1-9(12(13)15)8-14-10(2)11-6-4-3-5-7-11/h3-7,9-10H,8H2,1-2H3,(H2,13,15). The highest BCUT2D eigenvalue weighted by atomic mass is 32.1. The van der Waals surface area contributed by atoms with Crippen LogP contribution in [0.25, 0.3) is 0 Å². The zero-order chi connectivity index (χ0) is 11.3. The molecule has 1 aromatic carbocycles. The smallest absolute Gasteiger partial charge is 0.0797 e. The highest BCUT2D eigenvalue weighted by molar-refractivity contribution is 7.80. The fourth-order valence-electron chi connectivity index (χ4n) is 1.19. The van der Waals surface area contributed by atoms with Gasteiger partial charge in [-0.3, -0.25) is 0 Å². The van der Waals surface area contributed by atoms with Crippen molar-refractivity contribution >= 4 is 17.2 Å². The average Bonchev–Trinajstić information content (AvgIpc) is 2.26. The van der Waals surface area contributed by atoms with Crippen LogP contribution in [0, 0.1) is 5.92 Å². The lowest BCUT2D eigenvalue weighted by Gasteiger charge is -2.16. The van der Waals surface area contributed by atoms with Crippen molar-refractivity contribution in [3.05, 3.63) is 35.9 Å². The van der Waals surface area contributed by atoms with Crippen LogP contribution in [-0.4, -0.2) is 11.6 Å². The molecule has 0 amide bonds. The maximum atomic E-state index is 5.68. The predicted octanol–water partition coefficient (Wildman–Crippen LogP) is 2.69. The highest BCUT2D eigenvalue weighted by Crippen LogP contribution is 2.16. The molecule has 0 bridgehead atoms. The SMILES string of the molecule is CC(COC(C)c1ccccc1)C(N)=S. The Morgan fingerprint density at radius 1 is 1.33 bits per heavy atom. The first-order valence-corrected chi connectivity index (χ1v) is 5.48. The monoisotopic (exact) mass is 223 g/mol. The zero-order valence-corrected chi connectivity index (χ0v) is 9.96. The van der Waals surface area contributed by atoms with Crippen molar-refractivity contribution in [2.24, 2.45) is 11.7 Å². The molecule has 2 nitrogen and oxygen atoms in total. The fourth-order valence-corrected chi connectivity index (χ4v) is 1.26. The van der Waals surface area contributed by atoms with Gasteiger partial charge >= 0.3 is 0 Å². The minimum atomic E-state index is 0.0861. The third-order valence-corrected chi connectivity index (χ3v) is 2.75. The molecule has 1 aromatic rings. The molecule has 0 saturated carbocycles. The Morgan fingerprint density at radius 2 is 1.93 bits per heavy atom. The van der Waals surface area contributed by atoms with Crippen LogP contribution < -0.4 is 5.73 Å². The summed E-state index contributed by atoms with van der Waals surface area (Å²) in [6.45, 7) is 4.58. The maximum absolute atomic E-state index is 5.68. The molecule has 0 spiro atoms. The van der Waals surface area contributed by atoms with E-state index < -0.39 is 0 Å². The van der Waals surface area contributed by atoms with E-state index >= 15 is 0 Å². The second-order valence-electron chi connectivity index (χ2n) is 3.69. The predicted molar refractivity (Wildman–Crippen MR) is 66.8 cm³/mol. The first-order chi connectivity index (χ1) is 7.11. The lowest BCUT2D eigenvalue weighted by Crippen LogP contribution is -2.23. The van der Waals surface area contributed by atoms with E-state index in [9.17, 15) is 0 Å². The van der Waals surface area contributed by atoms with Gasteiger partial charge in [-0.25, -0.2) is 0 Å². The van der Waals surface area contributed by atoms with Gasteiger partial charge in [0.1, 0.15) is 0 Å². The van der Waals surface area contributed by atoms with E-state index in [1.807, 2.05) is 32.0 Å². The van der Waals surface area contributed by atoms with Gasteiger partial charge < -0.3 is 10.5 Å². The van der Waals surface area contributed by atoms with Gasteiger partial charge in [0.25, 0.3) is 0 Å². The van der Waals surface area contributed by atoms with Crippen molar-refractivity contribution in [2.45, 2.75) is 20.0 Å². The normalized spacial score (nSPS) is 14.5. The number of ether oxygens (including phenoxy) is 1. The lowest BCUT2D eigenvalue weighted by atomic mass is 10.1. The molecule has 0 aliphatic rings. The number of rotatable bonds is 5. The maximum Gasteiger partial charge on any atom is 0.0797 e. The molecule has 82 valence electrons. The molecule has 2 N–H and O–H groups in total. The molecule has 0 heterocycles. The van der Waals surface area contributed by atoms with Crippen molar-refractivity contribution < 1.29 is 4.74 Å². The first-order valence-electron chi connectivity index (χ1n) is 5.07. The van der Waals surface area contributed by atoms with Crippen molar-refractivity contribution in [2.75, 3.05) is 6.61 Å². The van der Waals surface area contributed by atoms with Gasteiger partial charge in [0, 0.05) is 5.92 Å². The Labute approximate surface area is 96.4 Å². The van der Waals surface area contributed by atoms with Crippen LogP contribution in [0.4, 0.5) is 0 Å². The Balaban J connectivity index is 2.43. The number of hydrogen-bond acceptors (Lipinski definition) is 2. The Hall–Kier alpha value is -0.930. The van der Waals surface area contributed by atoms with Gasteiger partial charge in [-0.05, 0) is 12.5 Å². The minimum Gasteiger partial charge on any atom is -0.393 e. The van der Waals surface area contributed by atoms with Gasteiger partial charge in [-0.1, -0.05) is 49.5 Å². The van der Waals surface area contributed by atoms with Crippen LogP contribution >= 0.6 is 12.2 Å². The summed E-state index contributed by atoms with van der Waals surface area (Å²) < 4.78 is 5.68. The number of hydrogen-bond donors (Lipinski definition) is 1. The van der Waals surface area contributed by atoms with Gasteiger partial charge in [0.2, 0.25) is 0 Å². The largest absolute Gasteiger partial charge is 0.393 e. The van der Waals surface area contributed by atoms with Crippen molar-refractivity contribution in [1.29, 1.82) is 0 Å². The summed E-state index contributed by atoms with van der Waals surface area (Å²) >= 11 is 4.88. The highest BCUT2D eigenvalue weighted by Gasteiger charge is 2.09. The Kier molecular flexibility index (Phi) is 4.72. The van der Waals surface area contributed by atoms with E-state index in [-0.39, 0.29) is 12.0 Å². The molecule has 15 heavy (non-hydrogen) atoms. The summed E-state index contributed by atoms with van der Waals surface area (Å²) in [6, 6.07) is 10.1. The van der Waals surface area contributed by atoms with Crippen LogP contribution in [0.1, 0.15) is 25.5 Å². The van der Waals surface area contributed by atoms with Crippen LogP contribution in [-0.2, 0) is 4.74 Å². The molecule has 0 aliphatic heterocycles. The zero-order valence-electron chi connectivity index (χ0n) is 9.14. The van der Waals surface area contributed by atoms with Crippen molar-refractivity contribution in [1.82, 2.24) is 0 Å². The molecule has 0 fully saturated rings. The Morgan fingerprint density at radius 3 is 2.47 bits per heavy atom. The molecule has 1 rings (SSSR count). The second-order valence-corrected chi connectivity index (χ2v) is 4.16. The molecule has 0 aromatic heterocycles. The van der Waals surface area contributed by atoms with E-state index in [4.69, 9.17) is 22.7 Å². The average molecular weight is 223 g/mol.